The van der Waals surface area contributed by atoms with Crippen molar-refractivity contribution < 1.29 is 23.0 Å². The van der Waals surface area contributed by atoms with Gasteiger partial charge in [-0.25, -0.2) is 0 Å². The first-order chi connectivity index (χ1) is 8.28. The molecule has 0 fully saturated rings. The van der Waals surface area contributed by atoms with E-state index < -0.39 is 12.5 Å². The lowest BCUT2D eigenvalue weighted by Crippen LogP contribution is -2.27. The van der Waals surface area contributed by atoms with Gasteiger partial charge in [0.1, 0.15) is 5.75 Å². The first kappa shape index (κ1) is 14.8. The molecule has 0 aromatic heterocycles. The van der Waals surface area contributed by atoms with Crippen LogP contribution < -0.4 is 10.1 Å². The highest BCUT2D eigenvalue weighted by Crippen LogP contribution is 2.24. The zero-order valence-electron chi connectivity index (χ0n) is 10.2. The van der Waals surface area contributed by atoms with Gasteiger partial charge in [-0.3, -0.25) is 0 Å². The monoisotopic (exact) mass is 263 g/mol. The van der Waals surface area contributed by atoms with Crippen LogP contribution in [-0.4, -0.2) is 24.1 Å². The molecule has 2 atom stereocenters. The molecule has 0 bridgehead atoms. The van der Waals surface area contributed by atoms with E-state index in [1.807, 2.05) is 6.92 Å². The summed E-state index contributed by atoms with van der Waals surface area (Å²) in [6.07, 6.45) is -5.14. The van der Waals surface area contributed by atoms with Gasteiger partial charge in [-0.1, -0.05) is 12.1 Å². The van der Waals surface area contributed by atoms with Crippen LogP contribution in [0, 0.1) is 0 Å². The van der Waals surface area contributed by atoms with E-state index in [9.17, 15) is 13.2 Å². The van der Waals surface area contributed by atoms with Gasteiger partial charge in [-0.05, 0) is 31.5 Å². The molecule has 0 aliphatic rings. The number of ether oxygens (including phenoxy) is 1. The number of hydrogen-bond donors (Lipinski definition) is 2. The first-order valence-corrected chi connectivity index (χ1v) is 5.55. The average molecular weight is 263 g/mol. The molecule has 0 saturated heterocycles. The Morgan fingerprint density at radius 1 is 1.22 bits per heavy atom. The van der Waals surface area contributed by atoms with Crippen molar-refractivity contribution >= 4 is 0 Å². The molecule has 0 radical (unpaired) electrons. The van der Waals surface area contributed by atoms with Crippen molar-refractivity contribution in [3.63, 3.8) is 0 Å². The maximum Gasteiger partial charge on any atom is 0.573 e. The third kappa shape index (κ3) is 5.37. The second kappa shape index (κ2) is 6.06. The fourth-order valence-electron chi connectivity index (χ4n) is 1.42. The molecular formula is C12H16F3NO2. The van der Waals surface area contributed by atoms with Crippen LogP contribution in [0.25, 0.3) is 0 Å². The van der Waals surface area contributed by atoms with Crippen LogP contribution in [0.4, 0.5) is 13.2 Å². The van der Waals surface area contributed by atoms with Crippen molar-refractivity contribution in [2.75, 3.05) is 6.54 Å². The summed E-state index contributed by atoms with van der Waals surface area (Å²) in [7, 11) is 0. The van der Waals surface area contributed by atoms with Crippen molar-refractivity contribution in [1.29, 1.82) is 0 Å². The van der Waals surface area contributed by atoms with Gasteiger partial charge in [0.2, 0.25) is 0 Å². The Balaban J connectivity index is 2.59. The van der Waals surface area contributed by atoms with Gasteiger partial charge in [0, 0.05) is 12.6 Å². The number of benzene rings is 1. The number of alkyl halides is 3. The average Bonchev–Trinajstić information content (AvgIpc) is 2.24. The van der Waals surface area contributed by atoms with Crippen molar-refractivity contribution in [1.82, 2.24) is 5.32 Å². The molecule has 0 aliphatic carbocycles. The SMILES string of the molecule is CC(O)CNC(C)c1ccc(OC(F)(F)F)cc1. The molecule has 3 nitrogen and oxygen atoms in total. The van der Waals surface area contributed by atoms with E-state index >= 15 is 0 Å². The van der Waals surface area contributed by atoms with Crippen LogP contribution in [-0.2, 0) is 0 Å². The van der Waals surface area contributed by atoms with Crippen LogP contribution >= 0.6 is 0 Å². The molecule has 2 N–H and O–H groups in total. The Kier molecular flexibility index (Phi) is 4.98. The fourth-order valence-corrected chi connectivity index (χ4v) is 1.42. The third-order valence-electron chi connectivity index (χ3n) is 2.33. The van der Waals surface area contributed by atoms with Gasteiger partial charge < -0.3 is 15.2 Å². The van der Waals surface area contributed by atoms with E-state index in [1.165, 1.54) is 12.1 Å². The largest absolute Gasteiger partial charge is 0.573 e. The second-order valence-electron chi connectivity index (χ2n) is 4.10. The molecule has 6 heteroatoms. The zero-order valence-corrected chi connectivity index (χ0v) is 10.2. The van der Waals surface area contributed by atoms with Crippen molar-refractivity contribution in [3.8, 4) is 5.75 Å². The molecule has 2 unspecified atom stereocenters. The number of hydrogen-bond acceptors (Lipinski definition) is 3. The van der Waals surface area contributed by atoms with Crippen LogP contribution in [0.1, 0.15) is 25.5 Å². The van der Waals surface area contributed by atoms with E-state index in [4.69, 9.17) is 5.11 Å². The lowest BCUT2D eigenvalue weighted by Gasteiger charge is -2.16. The highest BCUT2D eigenvalue weighted by Gasteiger charge is 2.30. The summed E-state index contributed by atoms with van der Waals surface area (Å²) < 4.78 is 39.6. The number of rotatable bonds is 5. The van der Waals surface area contributed by atoms with Gasteiger partial charge in [-0.15, -0.1) is 13.2 Å². The Hall–Kier alpha value is -1.27. The van der Waals surface area contributed by atoms with Crippen molar-refractivity contribution in [2.45, 2.75) is 32.4 Å². The van der Waals surface area contributed by atoms with Crippen LogP contribution in [0.2, 0.25) is 0 Å². The molecule has 1 aromatic carbocycles. The molecule has 0 heterocycles. The summed E-state index contributed by atoms with van der Waals surface area (Å²) in [5.41, 5.74) is 0.824. The molecule has 0 saturated carbocycles. The Bertz CT molecular complexity index is 363. The van der Waals surface area contributed by atoms with Gasteiger partial charge in [-0.2, -0.15) is 0 Å². The molecule has 0 spiro atoms. The first-order valence-electron chi connectivity index (χ1n) is 5.55. The van der Waals surface area contributed by atoms with Gasteiger partial charge >= 0.3 is 6.36 Å². The summed E-state index contributed by atoms with van der Waals surface area (Å²) in [4.78, 5) is 0. The summed E-state index contributed by atoms with van der Waals surface area (Å²) in [5, 5.41) is 12.2. The van der Waals surface area contributed by atoms with Crippen LogP contribution in [0.5, 0.6) is 5.75 Å². The molecular weight excluding hydrogens is 247 g/mol. The van der Waals surface area contributed by atoms with E-state index in [-0.39, 0.29) is 11.8 Å². The Labute approximate surface area is 104 Å². The van der Waals surface area contributed by atoms with Crippen molar-refractivity contribution in [3.05, 3.63) is 29.8 Å². The molecule has 1 rings (SSSR count). The number of aliphatic hydroxyl groups excluding tert-OH is 1. The molecule has 0 aliphatic heterocycles. The minimum absolute atomic E-state index is 0.0560. The smallest absolute Gasteiger partial charge is 0.406 e. The molecule has 102 valence electrons. The minimum atomic E-state index is -4.67. The zero-order chi connectivity index (χ0) is 13.8. The molecule has 1 aromatic rings. The fraction of sp³-hybridized carbons (Fsp3) is 0.500. The maximum absolute atomic E-state index is 11.9. The maximum atomic E-state index is 11.9. The molecule has 0 amide bonds. The summed E-state index contributed by atoms with van der Waals surface area (Å²) >= 11 is 0. The highest BCUT2D eigenvalue weighted by molar-refractivity contribution is 5.29. The minimum Gasteiger partial charge on any atom is -0.406 e. The predicted octanol–water partition coefficient (Wildman–Crippen LogP) is 2.62. The standard InChI is InChI=1S/C12H16F3NO2/c1-8(17)7-16-9(2)10-3-5-11(6-4-10)18-12(13,14)15/h3-6,8-9,16-17H,7H2,1-2H3. The number of aliphatic hydroxyl groups is 1. The third-order valence-corrected chi connectivity index (χ3v) is 2.33. The van der Waals surface area contributed by atoms with E-state index in [2.05, 4.69) is 10.1 Å². The van der Waals surface area contributed by atoms with E-state index in [1.54, 1.807) is 19.1 Å². The summed E-state index contributed by atoms with van der Waals surface area (Å²) in [6, 6.07) is 5.59. The van der Waals surface area contributed by atoms with Gasteiger partial charge in [0.25, 0.3) is 0 Å². The number of nitrogens with one attached hydrogen (secondary N) is 1. The number of halogens is 3. The van der Waals surface area contributed by atoms with Gasteiger partial charge in [0.15, 0.2) is 0 Å². The van der Waals surface area contributed by atoms with Crippen LogP contribution in [0.15, 0.2) is 24.3 Å². The lowest BCUT2D eigenvalue weighted by molar-refractivity contribution is -0.274. The lowest BCUT2D eigenvalue weighted by atomic mass is 10.1. The highest BCUT2D eigenvalue weighted by atomic mass is 19.4. The quantitative estimate of drug-likeness (QED) is 0.858. The van der Waals surface area contributed by atoms with Crippen LogP contribution in [0.3, 0.4) is 0 Å². The van der Waals surface area contributed by atoms with E-state index in [0.717, 1.165) is 5.56 Å². The molecule has 18 heavy (non-hydrogen) atoms. The summed E-state index contributed by atoms with van der Waals surface area (Å²) in [6.45, 7) is 3.93. The van der Waals surface area contributed by atoms with Gasteiger partial charge in [0.05, 0.1) is 6.10 Å². The topological polar surface area (TPSA) is 41.5 Å². The van der Waals surface area contributed by atoms with Crippen molar-refractivity contribution in [2.24, 2.45) is 0 Å². The van der Waals surface area contributed by atoms with E-state index in [0.29, 0.717) is 6.54 Å². The normalized spacial score (nSPS) is 15.2. The Morgan fingerprint density at radius 2 is 1.78 bits per heavy atom. The predicted molar refractivity (Wildman–Crippen MR) is 61.2 cm³/mol. The summed E-state index contributed by atoms with van der Waals surface area (Å²) in [5.74, 6) is -0.242. The second-order valence-corrected chi connectivity index (χ2v) is 4.10. The Morgan fingerprint density at radius 3 is 2.22 bits per heavy atom.